The van der Waals surface area contributed by atoms with E-state index < -0.39 is 6.10 Å². The number of nitrogens with zero attached hydrogens (tertiary/aromatic N) is 1. The van der Waals surface area contributed by atoms with Crippen LogP contribution in [-0.2, 0) is 0 Å². The molecule has 20 heavy (non-hydrogen) atoms. The lowest BCUT2D eigenvalue weighted by Gasteiger charge is -2.14. The third-order valence-corrected chi connectivity index (χ3v) is 2.93. The molecule has 0 heterocycles. The van der Waals surface area contributed by atoms with E-state index in [4.69, 9.17) is 10.00 Å². The monoisotopic (exact) mass is 271 g/mol. The van der Waals surface area contributed by atoms with E-state index in [-0.39, 0.29) is 5.82 Å². The van der Waals surface area contributed by atoms with Crippen LogP contribution in [0.2, 0.25) is 0 Å². The van der Waals surface area contributed by atoms with Gasteiger partial charge < -0.3 is 9.84 Å². The van der Waals surface area contributed by atoms with Crippen molar-refractivity contribution < 1.29 is 14.2 Å². The summed E-state index contributed by atoms with van der Waals surface area (Å²) in [5, 5.41) is 18.6. The van der Waals surface area contributed by atoms with Crippen LogP contribution in [0.5, 0.6) is 11.5 Å². The van der Waals surface area contributed by atoms with E-state index in [9.17, 15) is 9.50 Å². The van der Waals surface area contributed by atoms with E-state index in [2.05, 4.69) is 0 Å². The smallest absolute Gasteiger partial charge is 0.133 e. The molecule has 2 aromatic rings. The Hall–Kier alpha value is -2.38. The Balaban J connectivity index is 2.42. The molecule has 0 aliphatic rings. The van der Waals surface area contributed by atoms with Crippen LogP contribution in [0.3, 0.4) is 0 Å². The molecular weight excluding hydrogens is 257 g/mol. The first-order valence-electron chi connectivity index (χ1n) is 6.17. The zero-order valence-corrected chi connectivity index (χ0v) is 11.2. The highest BCUT2D eigenvalue weighted by Crippen LogP contribution is 2.32. The van der Waals surface area contributed by atoms with E-state index in [1.165, 1.54) is 12.1 Å². The quantitative estimate of drug-likeness (QED) is 0.922. The van der Waals surface area contributed by atoms with Crippen molar-refractivity contribution in [1.29, 1.82) is 5.26 Å². The predicted molar refractivity (Wildman–Crippen MR) is 73.0 cm³/mol. The fourth-order valence-corrected chi connectivity index (χ4v) is 1.84. The molecule has 0 spiro atoms. The number of aliphatic hydroxyl groups excluding tert-OH is 1. The Morgan fingerprint density at radius 3 is 2.70 bits per heavy atom. The molecule has 0 aromatic heterocycles. The van der Waals surface area contributed by atoms with E-state index in [1.807, 2.05) is 6.07 Å². The molecule has 0 amide bonds. The van der Waals surface area contributed by atoms with Gasteiger partial charge in [0.15, 0.2) is 0 Å². The van der Waals surface area contributed by atoms with Crippen LogP contribution < -0.4 is 4.74 Å². The first-order valence-corrected chi connectivity index (χ1v) is 6.17. The lowest BCUT2D eigenvalue weighted by Crippen LogP contribution is -1.99. The molecule has 1 atom stereocenters. The van der Waals surface area contributed by atoms with Gasteiger partial charge in [-0.2, -0.15) is 5.26 Å². The molecule has 0 bridgehead atoms. The van der Waals surface area contributed by atoms with Crippen LogP contribution in [0.25, 0.3) is 0 Å². The van der Waals surface area contributed by atoms with Crippen molar-refractivity contribution in [3.8, 4) is 17.6 Å². The minimum Gasteiger partial charge on any atom is -0.457 e. The van der Waals surface area contributed by atoms with Gasteiger partial charge in [-0.3, -0.25) is 0 Å². The maximum atomic E-state index is 13.6. The molecule has 2 aromatic carbocycles. The fraction of sp³-hybridized carbons (Fsp3) is 0.188. The lowest BCUT2D eigenvalue weighted by atomic mass is 10.1. The van der Waals surface area contributed by atoms with Crippen molar-refractivity contribution in [3.05, 3.63) is 58.9 Å². The second-order valence-corrected chi connectivity index (χ2v) is 4.56. The van der Waals surface area contributed by atoms with Crippen molar-refractivity contribution >= 4 is 0 Å². The summed E-state index contributed by atoms with van der Waals surface area (Å²) in [6, 6.07) is 11.5. The van der Waals surface area contributed by atoms with Gasteiger partial charge in [-0.25, -0.2) is 4.39 Å². The zero-order valence-electron chi connectivity index (χ0n) is 11.2. The number of aliphatic hydroxyl groups is 1. The molecule has 0 unspecified atom stereocenters. The Morgan fingerprint density at radius 1 is 1.30 bits per heavy atom. The number of hydrogen-bond acceptors (Lipinski definition) is 3. The summed E-state index contributed by atoms with van der Waals surface area (Å²) in [4.78, 5) is 0. The molecule has 2 rings (SSSR count). The maximum Gasteiger partial charge on any atom is 0.133 e. The van der Waals surface area contributed by atoms with Crippen LogP contribution >= 0.6 is 0 Å². The van der Waals surface area contributed by atoms with Crippen molar-refractivity contribution in [2.75, 3.05) is 0 Å². The van der Waals surface area contributed by atoms with Crippen LogP contribution in [0, 0.1) is 24.1 Å². The number of rotatable bonds is 3. The first kappa shape index (κ1) is 14.0. The number of halogens is 1. The largest absolute Gasteiger partial charge is 0.457 e. The normalized spacial score (nSPS) is 11.8. The summed E-state index contributed by atoms with van der Waals surface area (Å²) >= 11 is 0. The van der Waals surface area contributed by atoms with Crippen molar-refractivity contribution in [2.45, 2.75) is 20.0 Å². The molecule has 0 fully saturated rings. The van der Waals surface area contributed by atoms with E-state index in [0.717, 1.165) is 0 Å². The third kappa shape index (κ3) is 2.95. The summed E-state index contributed by atoms with van der Waals surface area (Å²) in [5.74, 6) is 0.463. The van der Waals surface area contributed by atoms with Crippen LogP contribution in [0.15, 0.2) is 36.4 Å². The van der Waals surface area contributed by atoms with Crippen molar-refractivity contribution in [1.82, 2.24) is 0 Å². The Kier molecular flexibility index (Phi) is 4.02. The Labute approximate surface area is 116 Å². The third-order valence-electron chi connectivity index (χ3n) is 2.93. The molecule has 0 aliphatic heterocycles. The highest BCUT2D eigenvalue weighted by Gasteiger charge is 2.14. The van der Waals surface area contributed by atoms with Gasteiger partial charge in [-0.15, -0.1) is 0 Å². The van der Waals surface area contributed by atoms with Crippen LogP contribution in [0.4, 0.5) is 4.39 Å². The molecular formula is C16H14FNO2. The second-order valence-electron chi connectivity index (χ2n) is 4.56. The summed E-state index contributed by atoms with van der Waals surface area (Å²) in [6.07, 6.45) is -0.848. The van der Waals surface area contributed by atoms with E-state index >= 15 is 0 Å². The van der Waals surface area contributed by atoms with Crippen molar-refractivity contribution in [2.24, 2.45) is 0 Å². The maximum absolute atomic E-state index is 13.6. The Bertz CT molecular complexity index is 675. The lowest BCUT2D eigenvalue weighted by molar-refractivity contribution is 0.195. The minimum atomic E-state index is -0.848. The molecule has 102 valence electrons. The summed E-state index contributed by atoms with van der Waals surface area (Å²) in [6.45, 7) is 3.17. The van der Waals surface area contributed by atoms with Gasteiger partial charge in [0.05, 0.1) is 17.7 Å². The predicted octanol–water partition coefficient (Wildman–Crippen LogP) is 3.85. The van der Waals surface area contributed by atoms with E-state index in [0.29, 0.717) is 28.2 Å². The average Bonchev–Trinajstić information content (AvgIpc) is 2.42. The molecule has 3 nitrogen and oxygen atoms in total. The van der Waals surface area contributed by atoms with Crippen LogP contribution in [-0.4, -0.2) is 5.11 Å². The summed E-state index contributed by atoms with van der Waals surface area (Å²) < 4.78 is 19.2. The summed E-state index contributed by atoms with van der Waals surface area (Å²) in [7, 11) is 0. The average molecular weight is 271 g/mol. The Morgan fingerprint density at radius 2 is 2.05 bits per heavy atom. The molecule has 0 saturated carbocycles. The summed E-state index contributed by atoms with van der Waals surface area (Å²) in [5.41, 5.74) is 1.27. The minimum absolute atomic E-state index is 0.371. The number of nitriles is 1. The highest BCUT2D eigenvalue weighted by atomic mass is 19.1. The van der Waals surface area contributed by atoms with Gasteiger partial charge in [0.2, 0.25) is 0 Å². The van der Waals surface area contributed by atoms with Gasteiger partial charge in [-0.1, -0.05) is 6.07 Å². The van der Waals surface area contributed by atoms with Gasteiger partial charge in [0, 0.05) is 5.56 Å². The van der Waals surface area contributed by atoms with Gasteiger partial charge >= 0.3 is 0 Å². The molecule has 1 N–H and O–H groups in total. The number of ether oxygens (including phenoxy) is 1. The number of hydrogen-bond donors (Lipinski definition) is 1. The number of aryl methyl sites for hydroxylation is 1. The molecule has 4 heteroatoms. The SMILES string of the molecule is Cc1cc(Oc2cccc(C#N)c2)c([C@H](C)O)cc1F. The second kappa shape index (κ2) is 5.72. The van der Waals surface area contributed by atoms with Crippen LogP contribution in [0.1, 0.15) is 29.7 Å². The highest BCUT2D eigenvalue weighted by molar-refractivity contribution is 5.44. The number of benzene rings is 2. The van der Waals surface area contributed by atoms with Crippen molar-refractivity contribution in [3.63, 3.8) is 0 Å². The topological polar surface area (TPSA) is 53.2 Å². The van der Waals surface area contributed by atoms with Gasteiger partial charge in [-0.05, 0) is 49.7 Å². The fourth-order valence-electron chi connectivity index (χ4n) is 1.84. The molecule has 0 radical (unpaired) electrons. The van der Waals surface area contributed by atoms with E-state index in [1.54, 1.807) is 38.1 Å². The zero-order chi connectivity index (χ0) is 14.7. The first-order chi connectivity index (χ1) is 9.51. The standard InChI is InChI=1S/C16H14FNO2/c1-10-6-16(14(11(2)19)8-15(10)17)20-13-5-3-4-12(7-13)9-18/h3-8,11,19H,1-2H3/t11-/m0/s1. The van der Waals surface area contributed by atoms with Gasteiger partial charge in [0.1, 0.15) is 17.3 Å². The molecule has 0 saturated heterocycles. The molecule has 0 aliphatic carbocycles. The van der Waals surface area contributed by atoms with Gasteiger partial charge in [0.25, 0.3) is 0 Å².